The molecule has 4 aromatic rings. The van der Waals surface area contributed by atoms with Crippen molar-refractivity contribution < 1.29 is 8.42 Å². The topological polar surface area (TPSA) is 70.2 Å². The van der Waals surface area contributed by atoms with Crippen LogP contribution in [0.3, 0.4) is 0 Å². The van der Waals surface area contributed by atoms with Crippen molar-refractivity contribution in [2.75, 3.05) is 15.4 Å². The quantitative estimate of drug-likeness (QED) is 0.292. The molecule has 0 aliphatic carbocycles. The van der Waals surface area contributed by atoms with Crippen LogP contribution in [-0.2, 0) is 10.0 Å². The van der Waals surface area contributed by atoms with Gasteiger partial charge in [0.05, 0.1) is 10.6 Å². The summed E-state index contributed by atoms with van der Waals surface area (Å²) in [7, 11) is -3.72. The Bertz CT molecular complexity index is 1420. The molecule has 0 atom stereocenters. The van der Waals surface area contributed by atoms with Crippen LogP contribution in [0.2, 0.25) is 0 Å². The molecule has 7 heteroatoms. The average Bonchev–Trinajstić information content (AvgIpc) is 2.77. The molecule has 0 aromatic heterocycles. The molecule has 4 rings (SSSR count). The second kappa shape index (κ2) is 9.21. The highest BCUT2D eigenvalue weighted by atomic mass is 32.2. The minimum atomic E-state index is -3.72. The van der Waals surface area contributed by atoms with Gasteiger partial charge in [0.15, 0.2) is 5.11 Å². The predicted molar refractivity (Wildman–Crippen MR) is 142 cm³/mol. The number of thiocarbonyl (C=S) groups is 1. The molecule has 3 N–H and O–H groups in total. The molecule has 0 saturated carbocycles. The van der Waals surface area contributed by atoms with Crippen molar-refractivity contribution in [1.29, 1.82) is 0 Å². The minimum absolute atomic E-state index is 0.181. The minimum Gasteiger partial charge on any atom is -0.332 e. The van der Waals surface area contributed by atoms with Crippen molar-refractivity contribution in [3.63, 3.8) is 0 Å². The number of benzene rings is 4. The normalized spacial score (nSPS) is 11.2. The molecule has 0 amide bonds. The molecule has 4 aromatic carbocycles. The number of hydrogen-bond donors (Lipinski definition) is 3. The van der Waals surface area contributed by atoms with Crippen LogP contribution in [0.5, 0.6) is 0 Å². The number of nitrogens with one attached hydrogen (secondary N) is 3. The van der Waals surface area contributed by atoms with E-state index in [-0.39, 0.29) is 4.90 Å². The summed E-state index contributed by atoms with van der Waals surface area (Å²) < 4.78 is 28.6. The van der Waals surface area contributed by atoms with Gasteiger partial charge in [0.1, 0.15) is 0 Å². The van der Waals surface area contributed by atoms with Gasteiger partial charge < -0.3 is 10.6 Å². The van der Waals surface area contributed by atoms with E-state index < -0.39 is 10.0 Å². The van der Waals surface area contributed by atoms with Crippen molar-refractivity contribution in [3.05, 3.63) is 95.6 Å². The Morgan fingerprint density at radius 1 is 0.788 bits per heavy atom. The van der Waals surface area contributed by atoms with E-state index >= 15 is 0 Å². The molecule has 33 heavy (non-hydrogen) atoms. The summed E-state index contributed by atoms with van der Waals surface area (Å²) in [5.41, 5.74) is 5.07. The van der Waals surface area contributed by atoms with E-state index in [0.717, 1.165) is 33.2 Å². The first-order valence-electron chi connectivity index (χ1n) is 10.5. The first kappa shape index (κ1) is 22.8. The highest BCUT2D eigenvalue weighted by Gasteiger charge is 2.17. The second-order valence-corrected chi connectivity index (χ2v) is 10.1. The molecule has 0 radical (unpaired) electrons. The molecular weight excluding hydrogens is 450 g/mol. The molecule has 0 unspecified atom stereocenters. The Kier molecular flexibility index (Phi) is 6.35. The maximum atomic E-state index is 12.9. The van der Waals surface area contributed by atoms with Crippen LogP contribution in [0, 0.1) is 20.8 Å². The molecule has 0 bridgehead atoms. The lowest BCUT2D eigenvalue weighted by Gasteiger charge is -2.15. The van der Waals surface area contributed by atoms with Gasteiger partial charge in [-0.25, -0.2) is 8.42 Å². The Balaban J connectivity index is 1.47. The molecule has 0 spiro atoms. The monoisotopic (exact) mass is 475 g/mol. The molecular formula is C26H25N3O2S2. The number of hydrogen-bond acceptors (Lipinski definition) is 3. The van der Waals surface area contributed by atoms with Crippen LogP contribution in [0.4, 0.5) is 17.1 Å². The van der Waals surface area contributed by atoms with E-state index in [0.29, 0.717) is 16.5 Å². The zero-order chi connectivity index (χ0) is 23.6. The molecule has 0 fully saturated rings. The Morgan fingerprint density at radius 3 is 2.12 bits per heavy atom. The van der Waals surface area contributed by atoms with Gasteiger partial charge in [-0.2, -0.15) is 0 Å². The van der Waals surface area contributed by atoms with Crippen LogP contribution < -0.4 is 15.4 Å². The van der Waals surface area contributed by atoms with E-state index in [1.54, 1.807) is 24.3 Å². The van der Waals surface area contributed by atoms with Crippen LogP contribution in [-0.4, -0.2) is 13.5 Å². The predicted octanol–water partition coefficient (Wildman–Crippen LogP) is 6.37. The van der Waals surface area contributed by atoms with E-state index in [1.165, 1.54) is 0 Å². The first-order chi connectivity index (χ1) is 15.7. The van der Waals surface area contributed by atoms with Crippen molar-refractivity contribution in [2.45, 2.75) is 25.7 Å². The van der Waals surface area contributed by atoms with Gasteiger partial charge in [0, 0.05) is 16.8 Å². The van der Waals surface area contributed by atoms with E-state index in [9.17, 15) is 8.42 Å². The van der Waals surface area contributed by atoms with Gasteiger partial charge in [-0.05, 0) is 79.8 Å². The number of fused-ring (bicyclic) bond motifs is 1. The van der Waals surface area contributed by atoms with Gasteiger partial charge in [-0.3, -0.25) is 4.72 Å². The molecule has 168 valence electrons. The smallest absolute Gasteiger partial charge is 0.261 e. The van der Waals surface area contributed by atoms with Crippen LogP contribution in [0.25, 0.3) is 10.8 Å². The summed E-state index contributed by atoms with van der Waals surface area (Å²) in [5, 5.41) is 8.94. The number of aryl methyl sites for hydroxylation is 3. The summed E-state index contributed by atoms with van der Waals surface area (Å²) in [6, 6.07) is 24.5. The van der Waals surface area contributed by atoms with Gasteiger partial charge in [-0.15, -0.1) is 0 Å². The van der Waals surface area contributed by atoms with E-state index in [2.05, 4.69) is 15.4 Å². The number of rotatable bonds is 5. The first-order valence-corrected chi connectivity index (χ1v) is 12.4. The lowest BCUT2D eigenvalue weighted by Crippen LogP contribution is -2.19. The van der Waals surface area contributed by atoms with Gasteiger partial charge in [0.2, 0.25) is 0 Å². The summed E-state index contributed by atoms with van der Waals surface area (Å²) in [6.07, 6.45) is 0. The van der Waals surface area contributed by atoms with Crippen LogP contribution >= 0.6 is 12.2 Å². The molecule has 5 nitrogen and oxygen atoms in total. The van der Waals surface area contributed by atoms with Gasteiger partial charge >= 0.3 is 0 Å². The van der Waals surface area contributed by atoms with Crippen LogP contribution in [0.15, 0.2) is 83.8 Å². The van der Waals surface area contributed by atoms with Crippen molar-refractivity contribution in [3.8, 4) is 0 Å². The standard InChI is InChI=1S/C26H25N3O2S2/c1-17-15-18(2)25(19(3)16-17)29-33(30,31)22-13-11-21(12-14-22)27-26(32)28-24-10-6-8-20-7-4-5-9-23(20)24/h4-16,29H,1-3H3,(H2,27,28,32). The van der Waals surface area contributed by atoms with E-state index in [1.807, 2.05) is 75.4 Å². The third-order valence-corrected chi connectivity index (χ3v) is 6.94. The molecule has 0 aliphatic rings. The summed E-state index contributed by atoms with van der Waals surface area (Å²) in [4.78, 5) is 0.181. The maximum Gasteiger partial charge on any atom is 0.261 e. The summed E-state index contributed by atoms with van der Waals surface area (Å²) >= 11 is 5.46. The Hall–Kier alpha value is -3.42. The SMILES string of the molecule is Cc1cc(C)c(NS(=O)(=O)c2ccc(NC(=S)Nc3cccc4ccccc34)cc2)c(C)c1. The summed E-state index contributed by atoms with van der Waals surface area (Å²) in [5.74, 6) is 0. The van der Waals surface area contributed by atoms with Crippen molar-refractivity contribution >= 4 is 55.2 Å². The fraction of sp³-hybridized carbons (Fsp3) is 0.115. The molecule has 0 heterocycles. The third kappa shape index (κ3) is 5.16. The molecule has 0 aliphatic heterocycles. The fourth-order valence-electron chi connectivity index (χ4n) is 3.87. The lowest BCUT2D eigenvalue weighted by atomic mass is 10.1. The number of sulfonamides is 1. The van der Waals surface area contributed by atoms with Crippen molar-refractivity contribution in [2.24, 2.45) is 0 Å². The zero-order valence-electron chi connectivity index (χ0n) is 18.6. The largest absolute Gasteiger partial charge is 0.332 e. The van der Waals surface area contributed by atoms with Gasteiger partial charge in [0.25, 0.3) is 10.0 Å². The fourth-order valence-corrected chi connectivity index (χ4v) is 5.30. The van der Waals surface area contributed by atoms with Crippen LogP contribution in [0.1, 0.15) is 16.7 Å². The second-order valence-electron chi connectivity index (χ2n) is 8.01. The Labute approximate surface area is 199 Å². The average molecular weight is 476 g/mol. The highest BCUT2D eigenvalue weighted by molar-refractivity contribution is 7.92. The molecule has 0 saturated heterocycles. The highest BCUT2D eigenvalue weighted by Crippen LogP contribution is 2.26. The lowest BCUT2D eigenvalue weighted by molar-refractivity contribution is 0.601. The van der Waals surface area contributed by atoms with Gasteiger partial charge in [-0.1, -0.05) is 54.1 Å². The number of anilines is 3. The third-order valence-electron chi connectivity index (χ3n) is 5.37. The summed E-state index contributed by atoms with van der Waals surface area (Å²) in [6.45, 7) is 5.78. The van der Waals surface area contributed by atoms with E-state index in [4.69, 9.17) is 12.2 Å². The maximum absolute atomic E-state index is 12.9. The van der Waals surface area contributed by atoms with Crippen molar-refractivity contribution in [1.82, 2.24) is 0 Å². The zero-order valence-corrected chi connectivity index (χ0v) is 20.3. The Morgan fingerprint density at radius 2 is 1.42 bits per heavy atom.